The molecule has 0 fully saturated rings. The first-order valence-corrected chi connectivity index (χ1v) is 5.05. The number of nitrogens with zero attached hydrogens (tertiary/aromatic N) is 3. The van der Waals surface area contributed by atoms with E-state index in [0.29, 0.717) is 6.54 Å². The van der Waals surface area contributed by atoms with Gasteiger partial charge in [-0.15, -0.1) is 0 Å². The van der Waals surface area contributed by atoms with Crippen molar-refractivity contribution in [1.29, 1.82) is 0 Å². The molecule has 15 heavy (non-hydrogen) atoms. The average Bonchev–Trinajstić information content (AvgIpc) is 2.61. The van der Waals surface area contributed by atoms with Gasteiger partial charge in [-0.3, -0.25) is 4.90 Å². The summed E-state index contributed by atoms with van der Waals surface area (Å²) in [4.78, 5) is 6.42. The second-order valence-electron chi connectivity index (χ2n) is 3.74. The summed E-state index contributed by atoms with van der Waals surface area (Å²) in [5, 5.41) is 0. The van der Waals surface area contributed by atoms with Crippen LogP contribution < -0.4 is 5.73 Å². The van der Waals surface area contributed by atoms with E-state index >= 15 is 0 Å². The van der Waals surface area contributed by atoms with Crippen LogP contribution >= 0.6 is 0 Å². The van der Waals surface area contributed by atoms with Gasteiger partial charge in [0.15, 0.2) is 0 Å². The molecule has 5 nitrogen and oxygen atoms in total. The molecule has 86 valence electrons. The zero-order chi connectivity index (χ0) is 11.3. The van der Waals surface area contributed by atoms with E-state index in [2.05, 4.69) is 9.88 Å². The molecular weight excluding hydrogens is 192 g/mol. The molecule has 0 radical (unpaired) electrons. The van der Waals surface area contributed by atoms with Gasteiger partial charge in [0.1, 0.15) is 5.82 Å². The first kappa shape index (κ1) is 12.2. The van der Waals surface area contributed by atoms with Gasteiger partial charge in [0, 0.05) is 39.6 Å². The van der Waals surface area contributed by atoms with Crippen LogP contribution in [0.3, 0.4) is 0 Å². The maximum absolute atomic E-state index is 5.56. The van der Waals surface area contributed by atoms with Gasteiger partial charge < -0.3 is 15.0 Å². The fraction of sp³-hybridized carbons (Fsp3) is 0.700. The zero-order valence-electron chi connectivity index (χ0n) is 9.68. The molecule has 1 atom stereocenters. The number of hydrogen-bond acceptors (Lipinski definition) is 4. The lowest BCUT2D eigenvalue weighted by atomic mass is 10.3. The Balaban J connectivity index is 2.42. The SMILES string of the molecule is COC(CN)CN(C)Cc1nccn1C. The van der Waals surface area contributed by atoms with Gasteiger partial charge in [-0.25, -0.2) is 4.98 Å². The van der Waals surface area contributed by atoms with Crippen LogP contribution in [0.4, 0.5) is 0 Å². The molecule has 0 aliphatic rings. The summed E-state index contributed by atoms with van der Waals surface area (Å²) in [5.74, 6) is 1.05. The summed E-state index contributed by atoms with van der Waals surface area (Å²) in [7, 11) is 5.72. The standard InChI is InChI=1S/C10H20N4O/c1-13(7-9(6-11)15-3)8-10-12-4-5-14(10)2/h4-5,9H,6-8,11H2,1-3H3. The summed E-state index contributed by atoms with van der Waals surface area (Å²) in [6.45, 7) is 2.17. The molecule has 1 rings (SSSR count). The molecule has 2 N–H and O–H groups in total. The summed E-state index contributed by atoms with van der Waals surface area (Å²) in [5.41, 5.74) is 5.56. The molecule has 1 aromatic heterocycles. The van der Waals surface area contributed by atoms with Gasteiger partial charge in [0.05, 0.1) is 12.6 Å². The van der Waals surface area contributed by atoms with Crippen molar-refractivity contribution in [2.75, 3.05) is 27.2 Å². The molecule has 0 amide bonds. The van der Waals surface area contributed by atoms with Crippen LogP contribution in [-0.4, -0.2) is 47.8 Å². The van der Waals surface area contributed by atoms with Gasteiger partial charge in [-0.05, 0) is 7.05 Å². The van der Waals surface area contributed by atoms with Gasteiger partial charge in [0.2, 0.25) is 0 Å². The van der Waals surface area contributed by atoms with Gasteiger partial charge in [0.25, 0.3) is 0 Å². The van der Waals surface area contributed by atoms with Crippen molar-refractivity contribution in [3.63, 3.8) is 0 Å². The van der Waals surface area contributed by atoms with E-state index in [1.54, 1.807) is 13.3 Å². The van der Waals surface area contributed by atoms with Crippen LogP contribution in [0.25, 0.3) is 0 Å². The smallest absolute Gasteiger partial charge is 0.122 e. The minimum Gasteiger partial charge on any atom is -0.379 e. The molecule has 0 saturated heterocycles. The number of nitrogens with two attached hydrogens (primary N) is 1. The van der Waals surface area contributed by atoms with E-state index in [4.69, 9.17) is 10.5 Å². The van der Waals surface area contributed by atoms with Crippen LogP contribution in [-0.2, 0) is 18.3 Å². The lowest BCUT2D eigenvalue weighted by Gasteiger charge is -2.21. The van der Waals surface area contributed by atoms with E-state index in [9.17, 15) is 0 Å². The zero-order valence-corrected chi connectivity index (χ0v) is 9.68. The van der Waals surface area contributed by atoms with E-state index in [0.717, 1.165) is 18.9 Å². The van der Waals surface area contributed by atoms with Crippen molar-refractivity contribution in [3.8, 4) is 0 Å². The highest BCUT2D eigenvalue weighted by atomic mass is 16.5. The summed E-state index contributed by atoms with van der Waals surface area (Å²) in [6, 6.07) is 0. The first-order valence-electron chi connectivity index (χ1n) is 5.05. The Labute approximate surface area is 90.8 Å². The first-order chi connectivity index (χ1) is 7.17. The summed E-state index contributed by atoms with van der Waals surface area (Å²) < 4.78 is 7.24. The third-order valence-electron chi connectivity index (χ3n) is 2.44. The fourth-order valence-electron chi connectivity index (χ4n) is 1.45. The maximum atomic E-state index is 5.56. The topological polar surface area (TPSA) is 56.3 Å². The molecule has 0 bridgehead atoms. The number of rotatable bonds is 6. The number of imidazole rings is 1. The minimum absolute atomic E-state index is 0.0928. The minimum atomic E-state index is 0.0928. The lowest BCUT2D eigenvalue weighted by molar-refractivity contribution is 0.0752. The molecule has 0 aromatic carbocycles. The fourth-order valence-corrected chi connectivity index (χ4v) is 1.45. The molecule has 0 aliphatic heterocycles. The third-order valence-corrected chi connectivity index (χ3v) is 2.44. The highest BCUT2D eigenvalue weighted by molar-refractivity contribution is 4.90. The highest BCUT2D eigenvalue weighted by Crippen LogP contribution is 2.00. The Morgan fingerprint density at radius 3 is 2.87 bits per heavy atom. The van der Waals surface area contributed by atoms with Crippen LogP contribution in [0.1, 0.15) is 5.82 Å². The maximum Gasteiger partial charge on any atom is 0.122 e. The molecule has 1 unspecified atom stereocenters. The molecule has 0 saturated carbocycles. The van der Waals surface area contributed by atoms with Crippen molar-refractivity contribution in [2.24, 2.45) is 12.8 Å². The molecule has 1 heterocycles. The monoisotopic (exact) mass is 212 g/mol. The molecular formula is C10H20N4O. The number of methoxy groups -OCH3 is 1. The van der Waals surface area contributed by atoms with E-state index in [1.165, 1.54) is 0 Å². The van der Waals surface area contributed by atoms with E-state index < -0.39 is 0 Å². The predicted molar refractivity (Wildman–Crippen MR) is 59.4 cm³/mol. The second-order valence-corrected chi connectivity index (χ2v) is 3.74. The molecule has 1 aromatic rings. The van der Waals surface area contributed by atoms with Crippen LogP contribution in [0.5, 0.6) is 0 Å². The van der Waals surface area contributed by atoms with Gasteiger partial charge in [-0.1, -0.05) is 0 Å². The molecule has 0 spiro atoms. The largest absolute Gasteiger partial charge is 0.379 e. The van der Waals surface area contributed by atoms with Crippen LogP contribution in [0, 0.1) is 0 Å². The van der Waals surface area contributed by atoms with Crippen molar-refractivity contribution < 1.29 is 4.74 Å². The predicted octanol–water partition coefficient (Wildman–Crippen LogP) is -0.174. The van der Waals surface area contributed by atoms with E-state index in [-0.39, 0.29) is 6.10 Å². The number of hydrogen-bond donors (Lipinski definition) is 1. The van der Waals surface area contributed by atoms with Crippen molar-refractivity contribution in [2.45, 2.75) is 12.6 Å². The molecule has 0 aliphatic carbocycles. The summed E-state index contributed by atoms with van der Waals surface area (Å²) in [6.07, 6.45) is 3.84. The normalized spacial score (nSPS) is 13.4. The third kappa shape index (κ3) is 3.62. The average molecular weight is 212 g/mol. The Morgan fingerprint density at radius 2 is 2.40 bits per heavy atom. The van der Waals surface area contributed by atoms with Gasteiger partial charge >= 0.3 is 0 Å². The Kier molecular flexibility index (Phi) is 4.74. The number of likely N-dealkylation sites (N-methyl/N-ethyl adjacent to an activating group) is 1. The summed E-state index contributed by atoms with van der Waals surface area (Å²) >= 11 is 0. The second kappa shape index (κ2) is 5.85. The number of aryl methyl sites for hydroxylation is 1. The van der Waals surface area contributed by atoms with Crippen LogP contribution in [0.2, 0.25) is 0 Å². The Bertz CT molecular complexity index is 283. The number of aromatic nitrogens is 2. The van der Waals surface area contributed by atoms with Crippen LogP contribution in [0.15, 0.2) is 12.4 Å². The van der Waals surface area contributed by atoms with Gasteiger partial charge in [-0.2, -0.15) is 0 Å². The van der Waals surface area contributed by atoms with Crippen molar-refractivity contribution in [3.05, 3.63) is 18.2 Å². The lowest BCUT2D eigenvalue weighted by Crippen LogP contribution is -2.35. The highest BCUT2D eigenvalue weighted by Gasteiger charge is 2.10. The number of ether oxygens (including phenoxy) is 1. The quantitative estimate of drug-likeness (QED) is 0.711. The Morgan fingerprint density at radius 1 is 1.67 bits per heavy atom. The molecule has 5 heteroatoms. The van der Waals surface area contributed by atoms with E-state index in [1.807, 2.05) is 24.9 Å². The van der Waals surface area contributed by atoms with Crippen molar-refractivity contribution in [1.82, 2.24) is 14.5 Å². The Hall–Kier alpha value is -0.910. The van der Waals surface area contributed by atoms with Crippen molar-refractivity contribution >= 4 is 0 Å².